The molecule has 2 rings (SSSR count). The van der Waals surface area contributed by atoms with Crippen molar-refractivity contribution in [3.05, 3.63) is 39.6 Å². The van der Waals surface area contributed by atoms with Crippen molar-refractivity contribution >= 4 is 28.3 Å². The van der Waals surface area contributed by atoms with Gasteiger partial charge in [-0.3, -0.25) is 10.0 Å². The van der Waals surface area contributed by atoms with Gasteiger partial charge in [0.25, 0.3) is 0 Å². The first-order valence-corrected chi connectivity index (χ1v) is 5.83. The maximum absolute atomic E-state index is 10.1. The lowest BCUT2D eigenvalue weighted by Crippen LogP contribution is -2.40. The molecule has 0 saturated carbocycles. The van der Waals surface area contributed by atoms with Gasteiger partial charge in [-0.05, 0) is 41.6 Å². The average molecular weight is 316 g/mol. The summed E-state index contributed by atoms with van der Waals surface area (Å²) in [6, 6.07) is 9.88. The van der Waals surface area contributed by atoms with Crippen molar-refractivity contribution in [3.63, 3.8) is 0 Å². The predicted molar refractivity (Wildman–Crippen MR) is 69.4 cm³/mol. The normalized spacial score (nSPS) is 21.5. The Kier molecular flexibility index (Phi) is 2.88. The fraction of sp³-hybridized carbons (Fsp3) is 0.273. The summed E-state index contributed by atoms with van der Waals surface area (Å²) in [6.07, 6.45) is -0.557. The molecule has 15 heavy (non-hydrogen) atoms. The van der Waals surface area contributed by atoms with E-state index < -0.39 is 6.23 Å². The fourth-order valence-corrected chi connectivity index (χ4v) is 2.28. The van der Waals surface area contributed by atoms with E-state index in [9.17, 15) is 5.11 Å². The number of nitrogens with zero attached hydrogens (tertiary/aromatic N) is 2. The topological polar surface area (TPSA) is 26.7 Å². The molecule has 0 aromatic heterocycles. The van der Waals surface area contributed by atoms with Crippen LogP contribution in [0.15, 0.2) is 39.6 Å². The average Bonchev–Trinajstić information content (AvgIpc) is 2.45. The summed E-state index contributed by atoms with van der Waals surface area (Å²) in [5, 5.41) is 13.9. The molecule has 80 valence electrons. The molecule has 3 nitrogen and oxygen atoms in total. The highest BCUT2D eigenvalue weighted by Gasteiger charge is 2.32. The zero-order chi connectivity index (χ0) is 11.0. The van der Waals surface area contributed by atoms with Crippen molar-refractivity contribution in [2.45, 2.75) is 13.2 Å². The molecular weight excluding hydrogens is 303 g/mol. The second-order valence-electron chi connectivity index (χ2n) is 3.51. The largest absolute Gasteiger partial charge is 0.367 e. The number of para-hydroxylation sites is 1. The van der Waals surface area contributed by atoms with E-state index in [4.69, 9.17) is 0 Å². The second-order valence-corrected chi connectivity index (χ2v) is 4.67. The Morgan fingerprint density at radius 2 is 1.87 bits per heavy atom. The van der Waals surface area contributed by atoms with Crippen LogP contribution in [-0.4, -0.2) is 23.4 Å². The molecule has 1 aromatic carbocycles. The molecule has 1 heterocycles. The van der Waals surface area contributed by atoms with Crippen LogP contribution in [0.3, 0.4) is 0 Å². The number of allylic oxidation sites excluding steroid dienone is 1. The Bertz CT molecular complexity index is 373. The Balaban J connectivity index is 2.35. The van der Waals surface area contributed by atoms with E-state index in [-0.39, 0.29) is 0 Å². The molecule has 4 heteroatoms. The molecular formula is C11H13IN2O. The van der Waals surface area contributed by atoms with Crippen LogP contribution in [0.2, 0.25) is 0 Å². The highest BCUT2D eigenvalue weighted by Crippen LogP contribution is 2.34. The van der Waals surface area contributed by atoms with Crippen LogP contribution in [0.25, 0.3) is 0 Å². The summed E-state index contributed by atoms with van der Waals surface area (Å²) in [7, 11) is 1.96. The third-order valence-electron chi connectivity index (χ3n) is 2.63. The lowest BCUT2D eigenvalue weighted by molar-refractivity contribution is 0.180. The number of halogens is 1. The molecule has 1 N–H and O–H groups in total. The maximum atomic E-state index is 10.1. The minimum Gasteiger partial charge on any atom is -0.367 e. The summed E-state index contributed by atoms with van der Waals surface area (Å²) in [4.78, 5) is 0. The van der Waals surface area contributed by atoms with Gasteiger partial charge in [0.15, 0.2) is 6.23 Å². The van der Waals surface area contributed by atoms with Gasteiger partial charge in [0.05, 0.1) is 9.27 Å². The first-order chi connectivity index (χ1) is 7.13. The van der Waals surface area contributed by atoms with Gasteiger partial charge >= 0.3 is 0 Å². The zero-order valence-corrected chi connectivity index (χ0v) is 10.8. The van der Waals surface area contributed by atoms with Crippen molar-refractivity contribution in [1.29, 1.82) is 0 Å². The van der Waals surface area contributed by atoms with Gasteiger partial charge in [0.2, 0.25) is 0 Å². The maximum Gasteiger partial charge on any atom is 0.179 e. The number of hydrogen-bond donors (Lipinski definition) is 1. The van der Waals surface area contributed by atoms with E-state index in [1.807, 2.05) is 54.3 Å². The summed E-state index contributed by atoms with van der Waals surface area (Å²) < 4.78 is 0.971. The molecule has 0 bridgehead atoms. The fourth-order valence-electron chi connectivity index (χ4n) is 1.67. The van der Waals surface area contributed by atoms with Gasteiger partial charge in [-0.25, -0.2) is 0 Å². The monoisotopic (exact) mass is 316 g/mol. The Labute approximate surface area is 103 Å². The number of aliphatic hydroxyl groups is 1. The number of anilines is 1. The molecule has 1 aromatic rings. The number of hydrogen-bond acceptors (Lipinski definition) is 3. The SMILES string of the molecule is CC1=C(I)C(O)N(c2ccccc2)N1C. The van der Waals surface area contributed by atoms with Gasteiger partial charge < -0.3 is 5.11 Å². The summed E-state index contributed by atoms with van der Waals surface area (Å²) in [6.45, 7) is 2.01. The van der Waals surface area contributed by atoms with Gasteiger partial charge in [0, 0.05) is 12.7 Å². The van der Waals surface area contributed by atoms with E-state index in [1.54, 1.807) is 0 Å². The molecule has 0 radical (unpaired) electrons. The number of hydrazine groups is 1. The molecule has 1 aliphatic heterocycles. The molecule has 1 aliphatic rings. The van der Waals surface area contributed by atoms with Gasteiger partial charge in [0.1, 0.15) is 0 Å². The third kappa shape index (κ3) is 1.72. The van der Waals surface area contributed by atoms with Crippen molar-refractivity contribution < 1.29 is 5.11 Å². The molecule has 0 saturated heterocycles. The van der Waals surface area contributed by atoms with Gasteiger partial charge in [-0.2, -0.15) is 0 Å². The Morgan fingerprint density at radius 1 is 1.27 bits per heavy atom. The molecule has 1 atom stereocenters. The van der Waals surface area contributed by atoms with Crippen molar-refractivity contribution in [3.8, 4) is 0 Å². The quantitative estimate of drug-likeness (QED) is 0.806. The lowest BCUT2D eigenvalue weighted by Gasteiger charge is -2.31. The van der Waals surface area contributed by atoms with Crippen LogP contribution in [0.4, 0.5) is 5.69 Å². The molecule has 0 fully saturated rings. The molecule has 1 unspecified atom stereocenters. The van der Waals surface area contributed by atoms with Crippen LogP contribution >= 0.6 is 22.6 Å². The van der Waals surface area contributed by atoms with Crippen molar-refractivity contribution in [2.24, 2.45) is 0 Å². The van der Waals surface area contributed by atoms with Crippen LogP contribution < -0.4 is 5.01 Å². The molecule has 0 aliphatic carbocycles. The number of aliphatic hydroxyl groups excluding tert-OH is 1. The second kappa shape index (κ2) is 4.02. The minimum atomic E-state index is -0.557. The predicted octanol–water partition coefficient (Wildman–Crippen LogP) is 2.34. The summed E-state index contributed by atoms with van der Waals surface area (Å²) >= 11 is 2.19. The molecule has 0 amide bonds. The first kappa shape index (κ1) is 10.8. The van der Waals surface area contributed by atoms with E-state index in [2.05, 4.69) is 22.6 Å². The zero-order valence-electron chi connectivity index (χ0n) is 8.68. The number of rotatable bonds is 1. The smallest absolute Gasteiger partial charge is 0.179 e. The first-order valence-electron chi connectivity index (χ1n) is 4.75. The highest BCUT2D eigenvalue weighted by molar-refractivity contribution is 14.1. The van der Waals surface area contributed by atoms with Crippen LogP contribution in [0.1, 0.15) is 6.92 Å². The van der Waals surface area contributed by atoms with Gasteiger partial charge in [-0.15, -0.1) is 0 Å². The Hall–Kier alpha value is -0.750. The van der Waals surface area contributed by atoms with Crippen LogP contribution in [0, 0.1) is 0 Å². The van der Waals surface area contributed by atoms with E-state index in [1.165, 1.54) is 0 Å². The summed E-state index contributed by atoms with van der Waals surface area (Å²) in [5.74, 6) is 0. The standard InChI is InChI=1S/C11H13IN2O/c1-8-10(12)11(15)14(13(8)2)9-6-4-3-5-7-9/h3-7,11,15H,1-2H3. The van der Waals surface area contributed by atoms with Gasteiger partial charge in [-0.1, -0.05) is 18.2 Å². The highest BCUT2D eigenvalue weighted by atomic mass is 127. The lowest BCUT2D eigenvalue weighted by atomic mass is 10.3. The van der Waals surface area contributed by atoms with Crippen molar-refractivity contribution in [2.75, 3.05) is 12.1 Å². The molecule has 0 spiro atoms. The summed E-state index contributed by atoms with van der Waals surface area (Å²) in [5.41, 5.74) is 2.09. The van der Waals surface area contributed by atoms with Crippen LogP contribution in [0.5, 0.6) is 0 Å². The van der Waals surface area contributed by atoms with E-state index in [0.29, 0.717) is 0 Å². The third-order valence-corrected chi connectivity index (χ3v) is 3.97. The minimum absolute atomic E-state index is 0.557. The van der Waals surface area contributed by atoms with E-state index >= 15 is 0 Å². The van der Waals surface area contributed by atoms with E-state index in [0.717, 1.165) is 15.0 Å². The Morgan fingerprint density at radius 3 is 2.33 bits per heavy atom. The van der Waals surface area contributed by atoms with Crippen LogP contribution in [-0.2, 0) is 0 Å². The number of benzene rings is 1. The van der Waals surface area contributed by atoms with Crippen molar-refractivity contribution in [1.82, 2.24) is 5.01 Å².